The average Bonchev–Trinajstić information content (AvgIpc) is 3.44. The normalized spacial score (nSPS) is 11.1. The van der Waals surface area contributed by atoms with Gasteiger partial charge < -0.3 is 0 Å². The lowest BCUT2D eigenvalue weighted by Gasteiger charge is -2.14. The minimum absolute atomic E-state index is 0.00312. The molecule has 0 bridgehead atoms. The molecule has 0 spiro atoms. The summed E-state index contributed by atoms with van der Waals surface area (Å²) in [5.41, 5.74) is 2.71. The molecule has 9 heteroatoms. The predicted octanol–water partition coefficient (Wildman–Crippen LogP) is 5.83. The van der Waals surface area contributed by atoms with E-state index in [1.54, 1.807) is 28.8 Å². The lowest BCUT2D eigenvalue weighted by atomic mass is 10.1. The number of benzene rings is 3. The summed E-state index contributed by atoms with van der Waals surface area (Å²) in [6, 6.07) is 21.5. The Morgan fingerprint density at radius 1 is 0.871 bits per heavy atom. The van der Waals surface area contributed by atoms with E-state index in [0.717, 1.165) is 5.56 Å². The molecular weight excluding hydrogens is 438 g/mol. The van der Waals surface area contributed by atoms with Gasteiger partial charge in [0.15, 0.2) is 5.82 Å². The summed E-state index contributed by atoms with van der Waals surface area (Å²) in [6.07, 6.45) is 0. The summed E-state index contributed by atoms with van der Waals surface area (Å²) in [4.78, 5) is 4.80. The lowest BCUT2D eigenvalue weighted by molar-refractivity contribution is 0.619. The smallest absolute Gasteiger partial charge is 0.225 e. The van der Waals surface area contributed by atoms with Gasteiger partial charge in [-0.2, -0.15) is 5.21 Å². The van der Waals surface area contributed by atoms with Crippen LogP contribution in [0.4, 0.5) is 4.39 Å². The predicted molar refractivity (Wildman–Crippen MR) is 118 cm³/mol. The number of nitrogens with zero attached hydrogens (tertiary/aromatic N) is 5. The van der Waals surface area contributed by atoms with Crippen molar-refractivity contribution in [2.24, 2.45) is 0 Å². The first-order chi connectivity index (χ1) is 15.1. The maximum atomic E-state index is 15.3. The third-order valence-electron chi connectivity index (χ3n) is 4.74. The molecule has 0 unspecified atom stereocenters. The number of tetrazole rings is 1. The summed E-state index contributed by atoms with van der Waals surface area (Å²) >= 11 is 12.4. The van der Waals surface area contributed by atoms with Gasteiger partial charge in [-0.3, -0.25) is 4.57 Å². The van der Waals surface area contributed by atoms with Crippen molar-refractivity contribution < 1.29 is 4.39 Å². The number of imidazole rings is 1. The van der Waals surface area contributed by atoms with Gasteiger partial charge in [0.2, 0.25) is 5.82 Å². The summed E-state index contributed by atoms with van der Waals surface area (Å²) in [5, 5.41) is 14.8. The Morgan fingerprint density at radius 3 is 2.39 bits per heavy atom. The van der Waals surface area contributed by atoms with Crippen LogP contribution >= 0.6 is 23.2 Å². The van der Waals surface area contributed by atoms with E-state index < -0.39 is 5.82 Å². The summed E-state index contributed by atoms with van der Waals surface area (Å²) in [7, 11) is 0. The Kier molecular flexibility index (Phi) is 4.97. The van der Waals surface area contributed by atoms with Crippen LogP contribution in [0.5, 0.6) is 0 Å². The van der Waals surface area contributed by atoms with Gasteiger partial charge in [-0.15, -0.1) is 10.2 Å². The molecule has 5 rings (SSSR count). The van der Waals surface area contributed by atoms with E-state index in [2.05, 4.69) is 20.6 Å². The molecule has 2 aromatic heterocycles. The van der Waals surface area contributed by atoms with Gasteiger partial charge in [-0.25, -0.2) is 9.37 Å². The number of aromatic nitrogens is 6. The Hall–Kier alpha value is -3.55. The van der Waals surface area contributed by atoms with Crippen molar-refractivity contribution in [3.63, 3.8) is 0 Å². The van der Waals surface area contributed by atoms with Gasteiger partial charge in [0.05, 0.1) is 16.4 Å². The van der Waals surface area contributed by atoms with Gasteiger partial charge in [-0.05, 0) is 29.5 Å². The van der Waals surface area contributed by atoms with Gasteiger partial charge in [0, 0.05) is 16.1 Å². The Bertz CT molecular complexity index is 1370. The summed E-state index contributed by atoms with van der Waals surface area (Å²) < 4.78 is 17.0. The molecule has 31 heavy (non-hydrogen) atoms. The van der Waals surface area contributed by atoms with Gasteiger partial charge in [-0.1, -0.05) is 71.7 Å². The zero-order valence-corrected chi connectivity index (χ0v) is 17.3. The van der Waals surface area contributed by atoms with Crippen LogP contribution in [0, 0.1) is 5.82 Å². The van der Waals surface area contributed by atoms with E-state index in [4.69, 9.17) is 28.2 Å². The number of H-pyrrole nitrogens is 1. The monoisotopic (exact) mass is 450 g/mol. The van der Waals surface area contributed by atoms with E-state index in [1.807, 2.05) is 42.5 Å². The van der Waals surface area contributed by atoms with Crippen LogP contribution in [-0.4, -0.2) is 30.2 Å². The van der Waals surface area contributed by atoms with E-state index >= 15 is 4.39 Å². The van der Waals surface area contributed by atoms with E-state index in [-0.39, 0.29) is 16.5 Å². The quantitative estimate of drug-likeness (QED) is 0.373. The Morgan fingerprint density at radius 2 is 1.65 bits per heavy atom. The molecule has 0 aliphatic carbocycles. The van der Waals surface area contributed by atoms with E-state index in [0.29, 0.717) is 27.8 Å². The maximum absolute atomic E-state index is 15.3. The lowest BCUT2D eigenvalue weighted by Crippen LogP contribution is -2.03. The third-order valence-corrected chi connectivity index (χ3v) is 5.26. The fourth-order valence-electron chi connectivity index (χ4n) is 3.42. The second kappa shape index (κ2) is 7.94. The van der Waals surface area contributed by atoms with Crippen molar-refractivity contribution in [1.29, 1.82) is 0 Å². The number of aromatic amines is 1. The number of hydrogen-bond donors (Lipinski definition) is 1. The first-order valence-electron chi connectivity index (χ1n) is 9.26. The Balaban J connectivity index is 1.93. The molecule has 0 saturated carbocycles. The second-order valence-corrected chi connectivity index (χ2v) is 7.50. The zero-order chi connectivity index (χ0) is 21.4. The number of nitrogens with one attached hydrogen (secondary N) is 1. The third kappa shape index (κ3) is 3.48. The van der Waals surface area contributed by atoms with Crippen molar-refractivity contribution in [1.82, 2.24) is 30.2 Å². The number of halogens is 3. The molecule has 0 fully saturated rings. The SMILES string of the molecule is Fc1c(Cl)cccc1-n1c(-c2ccccc2)nc(-c2nn[nH]n2)c1-c1cccc(Cl)c1. The molecule has 0 aliphatic rings. The fraction of sp³-hybridized carbons (Fsp3) is 0. The maximum Gasteiger partial charge on any atom is 0.225 e. The molecule has 1 N–H and O–H groups in total. The van der Waals surface area contributed by atoms with Crippen LogP contribution in [0.2, 0.25) is 10.0 Å². The molecule has 0 amide bonds. The van der Waals surface area contributed by atoms with Crippen molar-refractivity contribution in [2.75, 3.05) is 0 Å². The molecule has 0 aliphatic heterocycles. The number of hydrogen-bond acceptors (Lipinski definition) is 4. The average molecular weight is 451 g/mol. The topological polar surface area (TPSA) is 72.3 Å². The highest BCUT2D eigenvalue weighted by atomic mass is 35.5. The standard InChI is InChI=1S/C22H13Cl2FN6/c23-15-9-4-8-14(12-15)20-19(21-27-29-30-28-21)26-22(13-6-2-1-3-7-13)31(20)17-11-5-10-16(24)18(17)25/h1-12H,(H,27,28,29,30). The largest absolute Gasteiger partial charge is 0.289 e. The fourth-order valence-corrected chi connectivity index (χ4v) is 3.78. The summed E-state index contributed by atoms with van der Waals surface area (Å²) in [5.74, 6) is 0.201. The van der Waals surface area contributed by atoms with Crippen LogP contribution in [0.15, 0.2) is 72.8 Å². The molecule has 0 saturated heterocycles. The molecule has 5 aromatic rings. The minimum atomic E-state index is -0.568. The highest BCUT2D eigenvalue weighted by molar-refractivity contribution is 6.31. The van der Waals surface area contributed by atoms with Crippen LogP contribution in [0.1, 0.15) is 0 Å². The van der Waals surface area contributed by atoms with Gasteiger partial charge in [0.25, 0.3) is 0 Å². The van der Waals surface area contributed by atoms with Crippen molar-refractivity contribution in [3.8, 4) is 39.9 Å². The molecule has 2 heterocycles. The van der Waals surface area contributed by atoms with Crippen LogP contribution < -0.4 is 0 Å². The van der Waals surface area contributed by atoms with E-state index in [1.165, 1.54) is 6.07 Å². The van der Waals surface area contributed by atoms with Crippen molar-refractivity contribution >= 4 is 23.2 Å². The zero-order valence-electron chi connectivity index (χ0n) is 15.8. The minimum Gasteiger partial charge on any atom is -0.289 e. The molecule has 6 nitrogen and oxygen atoms in total. The molecular formula is C22H13Cl2FN6. The van der Waals surface area contributed by atoms with E-state index in [9.17, 15) is 0 Å². The Labute approximate surface area is 186 Å². The summed E-state index contributed by atoms with van der Waals surface area (Å²) in [6.45, 7) is 0. The van der Waals surface area contributed by atoms with Crippen LogP contribution in [-0.2, 0) is 0 Å². The first kappa shape index (κ1) is 19.4. The van der Waals surface area contributed by atoms with Crippen LogP contribution in [0.3, 0.4) is 0 Å². The molecule has 152 valence electrons. The van der Waals surface area contributed by atoms with Crippen molar-refractivity contribution in [3.05, 3.63) is 88.7 Å². The number of rotatable bonds is 4. The van der Waals surface area contributed by atoms with Gasteiger partial charge >= 0.3 is 0 Å². The van der Waals surface area contributed by atoms with Crippen LogP contribution in [0.25, 0.3) is 39.9 Å². The highest BCUT2D eigenvalue weighted by Crippen LogP contribution is 2.39. The molecule has 3 aromatic carbocycles. The first-order valence-corrected chi connectivity index (χ1v) is 10.0. The molecule has 0 atom stereocenters. The van der Waals surface area contributed by atoms with Crippen molar-refractivity contribution in [2.45, 2.75) is 0 Å². The second-order valence-electron chi connectivity index (χ2n) is 6.65. The molecule has 0 radical (unpaired) electrons. The highest BCUT2D eigenvalue weighted by Gasteiger charge is 2.26. The van der Waals surface area contributed by atoms with Gasteiger partial charge in [0.1, 0.15) is 11.5 Å².